The molecule has 0 spiro atoms. The van der Waals surface area contributed by atoms with Crippen LogP contribution < -0.4 is 0 Å². The summed E-state index contributed by atoms with van der Waals surface area (Å²) in [6.45, 7) is 4.66. The highest BCUT2D eigenvalue weighted by Gasteiger charge is 2.47. The van der Waals surface area contributed by atoms with Crippen molar-refractivity contribution >= 4 is 11.9 Å². The van der Waals surface area contributed by atoms with Gasteiger partial charge in [-0.2, -0.15) is 0 Å². The van der Waals surface area contributed by atoms with Crippen molar-refractivity contribution in [2.45, 2.75) is 58.0 Å². The van der Waals surface area contributed by atoms with E-state index in [0.717, 1.165) is 25.7 Å². The van der Waals surface area contributed by atoms with Gasteiger partial charge in [-0.1, -0.05) is 26.7 Å². The summed E-state index contributed by atoms with van der Waals surface area (Å²) in [6.07, 6.45) is 4.07. The van der Waals surface area contributed by atoms with Gasteiger partial charge >= 0.3 is 5.97 Å². The maximum Gasteiger partial charge on any atom is 0.303 e. The molecule has 1 aliphatic heterocycles. The lowest BCUT2D eigenvalue weighted by Gasteiger charge is -2.49. The number of carbonyl (C=O) groups is 2. The molecule has 1 amide bonds. The van der Waals surface area contributed by atoms with Crippen molar-refractivity contribution in [2.75, 3.05) is 13.1 Å². The van der Waals surface area contributed by atoms with Crippen molar-refractivity contribution in [2.24, 2.45) is 11.3 Å². The Morgan fingerprint density at radius 3 is 2.15 bits per heavy atom. The molecule has 0 radical (unpaired) electrons. The molecule has 20 heavy (non-hydrogen) atoms. The molecule has 5 nitrogen and oxygen atoms in total. The Kier molecular flexibility index (Phi) is 4.09. The Morgan fingerprint density at radius 1 is 1.15 bits per heavy atom. The molecule has 2 fully saturated rings. The molecule has 1 saturated heterocycles. The molecule has 1 heterocycles. The smallest absolute Gasteiger partial charge is 0.303 e. The number of hydrogen-bond acceptors (Lipinski definition) is 3. The van der Waals surface area contributed by atoms with E-state index in [0.29, 0.717) is 19.5 Å². The standard InChI is InChI=1S/C15H25NO4/c1-11(2)15(20)9-16(10-15)12(17)7-14(8-13(18)19)5-3-4-6-14/h11,20H,3-10H2,1-2H3,(H,18,19). The average molecular weight is 283 g/mol. The minimum atomic E-state index is -0.818. The highest BCUT2D eigenvalue weighted by atomic mass is 16.4. The highest BCUT2D eigenvalue weighted by Crippen LogP contribution is 2.45. The van der Waals surface area contributed by atoms with E-state index in [9.17, 15) is 14.7 Å². The number of carboxylic acid groups (broad SMARTS) is 1. The van der Waals surface area contributed by atoms with Gasteiger partial charge < -0.3 is 15.1 Å². The Hall–Kier alpha value is -1.10. The molecule has 2 aliphatic rings. The first-order valence-electron chi connectivity index (χ1n) is 7.48. The van der Waals surface area contributed by atoms with Gasteiger partial charge in [-0.3, -0.25) is 9.59 Å². The fraction of sp³-hybridized carbons (Fsp3) is 0.867. The summed E-state index contributed by atoms with van der Waals surface area (Å²) in [5.74, 6) is -0.688. The molecule has 0 unspecified atom stereocenters. The Morgan fingerprint density at radius 2 is 1.70 bits per heavy atom. The summed E-state index contributed by atoms with van der Waals surface area (Å²) in [6, 6.07) is 0. The van der Waals surface area contributed by atoms with E-state index in [2.05, 4.69) is 0 Å². The molecule has 1 saturated carbocycles. The lowest BCUT2D eigenvalue weighted by molar-refractivity contribution is -0.166. The summed E-state index contributed by atoms with van der Waals surface area (Å²) in [5.41, 5.74) is -1.11. The van der Waals surface area contributed by atoms with Crippen molar-refractivity contribution in [3.05, 3.63) is 0 Å². The Bertz CT molecular complexity index is 393. The van der Waals surface area contributed by atoms with E-state index in [4.69, 9.17) is 5.11 Å². The van der Waals surface area contributed by atoms with Gasteiger partial charge in [-0.15, -0.1) is 0 Å². The van der Waals surface area contributed by atoms with Gasteiger partial charge in [0.15, 0.2) is 0 Å². The summed E-state index contributed by atoms with van der Waals surface area (Å²) in [4.78, 5) is 25.0. The zero-order valence-electron chi connectivity index (χ0n) is 12.4. The van der Waals surface area contributed by atoms with Crippen molar-refractivity contribution < 1.29 is 19.8 Å². The number of aliphatic carboxylic acids is 1. The van der Waals surface area contributed by atoms with Gasteiger partial charge in [0.2, 0.25) is 5.91 Å². The van der Waals surface area contributed by atoms with E-state index >= 15 is 0 Å². The topological polar surface area (TPSA) is 77.8 Å². The van der Waals surface area contributed by atoms with Crippen LogP contribution >= 0.6 is 0 Å². The molecular formula is C15H25NO4. The van der Waals surface area contributed by atoms with E-state index < -0.39 is 11.6 Å². The monoisotopic (exact) mass is 283 g/mol. The Labute approximate surface area is 120 Å². The molecule has 114 valence electrons. The molecule has 2 rings (SSSR count). The second-order valence-electron chi connectivity index (χ2n) is 6.96. The Balaban J connectivity index is 1.92. The van der Waals surface area contributed by atoms with E-state index in [-0.39, 0.29) is 23.7 Å². The number of carboxylic acids is 1. The van der Waals surface area contributed by atoms with Crippen LogP contribution in [0.2, 0.25) is 0 Å². The zero-order valence-corrected chi connectivity index (χ0v) is 12.4. The number of nitrogens with zero attached hydrogens (tertiary/aromatic N) is 1. The maximum atomic E-state index is 12.3. The second kappa shape index (κ2) is 5.35. The fourth-order valence-electron chi connectivity index (χ4n) is 3.45. The van der Waals surface area contributed by atoms with Gasteiger partial charge in [-0.05, 0) is 24.2 Å². The number of hydrogen-bond donors (Lipinski definition) is 2. The molecule has 0 aromatic carbocycles. The SMILES string of the molecule is CC(C)C1(O)CN(C(=O)CC2(CC(=O)O)CCCC2)C1. The fourth-order valence-corrected chi connectivity index (χ4v) is 3.45. The van der Waals surface area contributed by atoms with E-state index in [1.165, 1.54) is 0 Å². The summed E-state index contributed by atoms with van der Waals surface area (Å²) in [5, 5.41) is 19.2. The third-order valence-corrected chi connectivity index (χ3v) is 5.07. The van der Waals surface area contributed by atoms with Crippen LogP contribution in [-0.2, 0) is 9.59 Å². The number of aliphatic hydroxyl groups is 1. The lowest BCUT2D eigenvalue weighted by atomic mass is 9.77. The molecule has 0 atom stereocenters. The maximum absolute atomic E-state index is 12.3. The number of amides is 1. The van der Waals surface area contributed by atoms with Crippen LogP contribution in [0.1, 0.15) is 52.4 Å². The van der Waals surface area contributed by atoms with Crippen LogP contribution in [0.25, 0.3) is 0 Å². The molecule has 0 bridgehead atoms. The number of β-amino-alcohol motifs (C(OH)–C–C–N with tert-alkyl or cyclic N) is 1. The quantitative estimate of drug-likeness (QED) is 0.804. The minimum absolute atomic E-state index is 0.00141. The van der Waals surface area contributed by atoms with Gasteiger partial charge in [0.25, 0.3) is 0 Å². The van der Waals surface area contributed by atoms with E-state index in [1.807, 2.05) is 13.8 Å². The largest absolute Gasteiger partial charge is 0.481 e. The lowest BCUT2D eigenvalue weighted by Crippen LogP contribution is -2.66. The minimum Gasteiger partial charge on any atom is -0.481 e. The normalized spacial score (nSPS) is 23.7. The third kappa shape index (κ3) is 2.97. The van der Waals surface area contributed by atoms with Crippen LogP contribution in [-0.4, -0.2) is 45.7 Å². The predicted molar refractivity (Wildman–Crippen MR) is 74.1 cm³/mol. The molecule has 0 aromatic rings. The van der Waals surface area contributed by atoms with Crippen molar-refractivity contribution in [3.63, 3.8) is 0 Å². The summed E-state index contributed by atoms with van der Waals surface area (Å²) >= 11 is 0. The second-order valence-corrected chi connectivity index (χ2v) is 6.96. The first-order chi connectivity index (χ1) is 9.26. The predicted octanol–water partition coefficient (Wildman–Crippen LogP) is 1.64. The summed E-state index contributed by atoms with van der Waals surface area (Å²) < 4.78 is 0. The molecule has 5 heteroatoms. The van der Waals surface area contributed by atoms with Crippen molar-refractivity contribution in [1.82, 2.24) is 4.90 Å². The average Bonchev–Trinajstić information content (AvgIpc) is 2.71. The van der Waals surface area contributed by atoms with Gasteiger partial charge in [0, 0.05) is 6.42 Å². The van der Waals surface area contributed by atoms with Crippen LogP contribution in [0.3, 0.4) is 0 Å². The van der Waals surface area contributed by atoms with Crippen LogP contribution in [0, 0.1) is 11.3 Å². The van der Waals surface area contributed by atoms with E-state index in [1.54, 1.807) is 4.90 Å². The first-order valence-corrected chi connectivity index (χ1v) is 7.48. The van der Waals surface area contributed by atoms with Crippen LogP contribution in [0.4, 0.5) is 0 Å². The molecular weight excluding hydrogens is 258 g/mol. The highest BCUT2D eigenvalue weighted by molar-refractivity contribution is 5.79. The van der Waals surface area contributed by atoms with Crippen molar-refractivity contribution in [1.29, 1.82) is 0 Å². The number of likely N-dealkylation sites (tertiary alicyclic amines) is 1. The molecule has 1 aliphatic carbocycles. The van der Waals surface area contributed by atoms with Crippen LogP contribution in [0.15, 0.2) is 0 Å². The van der Waals surface area contributed by atoms with Gasteiger partial charge in [-0.25, -0.2) is 0 Å². The van der Waals surface area contributed by atoms with Crippen LogP contribution in [0.5, 0.6) is 0 Å². The molecule has 2 N–H and O–H groups in total. The summed E-state index contributed by atoms with van der Waals surface area (Å²) in [7, 11) is 0. The first kappa shape index (κ1) is 15.3. The van der Waals surface area contributed by atoms with Crippen molar-refractivity contribution in [3.8, 4) is 0 Å². The molecule has 0 aromatic heterocycles. The van der Waals surface area contributed by atoms with Gasteiger partial charge in [0.1, 0.15) is 5.60 Å². The number of carbonyl (C=O) groups excluding carboxylic acids is 1. The number of rotatable bonds is 5. The van der Waals surface area contributed by atoms with Gasteiger partial charge in [0.05, 0.1) is 19.5 Å². The zero-order chi connectivity index (χ0) is 15.0. The third-order valence-electron chi connectivity index (χ3n) is 5.07.